The zero-order chi connectivity index (χ0) is 15.8. The van der Waals surface area contributed by atoms with Crippen LogP contribution in [0.5, 0.6) is 5.75 Å². The third-order valence-electron chi connectivity index (χ3n) is 4.01. The molecule has 0 saturated heterocycles. The van der Waals surface area contributed by atoms with E-state index in [0.717, 1.165) is 23.5 Å². The highest BCUT2D eigenvalue weighted by Crippen LogP contribution is 2.27. The molecule has 7 heteroatoms. The lowest BCUT2D eigenvalue weighted by Crippen LogP contribution is -2.38. The van der Waals surface area contributed by atoms with Crippen LogP contribution in [0, 0.1) is 0 Å². The van der Waals surface area contributed by atoms with Crippen LogP contribution in [0.2, 0.25) is 0 Å². The van der Waals surface area contributed by atoms with Gasteiger partial charge in [0.2, 0.25) is 0 Å². The topological polar surface area (TPSA) is 73.2 Å². The number of para-hydroxylation sites is 1. The minimum atomic E-state index is -0.394. The number of carbonyl (C=O) groups excluding carboxylic acids is 1. The summed E-state index contributed by atoms with van der Waals surface area (Å²) in [6, 6.07) is 7.84. The summed E-state index contributed by atoms with van der Waals surface area (Å²) in [6.07, 6.45) is 2.03. The molecule has 0 spiro atoms. The maximum absolute atomic E-state index is 12.3. The van der Waals surface area contributed by atoms with Crippen molar-refractivity contribution in [3.63, 3.8) is 0 Å². The van der Waals surface area contributed by atoms with Crippen LogP contribution in [0.1, 0.15) is 15.9 Å². The maximum Gasteiger partial charge on any atom is 0.267 e. The zero-order valence-electron chi connectivity index (χ0n) is 12.3. The Hall–Kier alpha value is -2.28. The molecule has 1 amide bonds. The molecule has 6 nitrogen and oxygen atoms in total. The maximum atomic E-state index is 12.3. The SMILES string of the molecule is O=C(NC[C@H]1Cc2ccccc2O1)c1cnc2n(c1=O)CCS2. The number of ether oxygens (including phenoxy) is 1. The molecule has 0 unspecified atom stereocenters. The van der Waals surface area contributed by atoms with Crippen LogP contribution < -0.4 is 15.6 Å². The minimum Gasteiger partial charge on any atom is -0.488 e. The lowest BCUT2D eigenvalue weighted by Gasteiger charge is -2.12. The van der Waals surface area contributed by atoms with Crippen molar-refractivity contribution in [1.29, 1.82) is 0 Å². The number of rotatable bonds is 3. The molecule has 1 atom stereocenters. The van der Waals surface area contributed by atoms with E-state index in [1.807, 2.05) is 24.3 Å². The van der Waals surface area contributed by atoms with E-state index in [9.17, 15) is 9.59 Å². The third-order valence-corrected chi connectivity index (χ3v) is 4.98. The molecule has 0 radical (unpaired) electrons. The van der Waals surface area contributed by atoms with Gasteiger partial charge < -0.3 is 10.1 Å². The highest BCUT2D eigenvalue weighted by molar-refractivity contribution is 7.99. The number of aromatic nitrogens is 2. The van der Waals surface area contributed by atoms with Crippen molar-refractivity contribution in [3.8, 4) is 5.75 Å². The second kappa shape index (κ2) is 5.73. The van der Waals surface area contributed by atoms with E-state index in [1.165, 1.54) is 18.0 Å². The number of thioether (sulfide) groups is 1. The first-order chi connectivity index (χ1) is 11.2. The highest BCUT2D eigenvalue weighted by atomic mass is 32.2. The molecule has 118 valence electrons. The molecule has 4 rings (SSSR count). The van der Waals surface area contributed by atoms with Gasteiger partial charge in [0.05, 0.1) is 6.54 Å². The van der Waals surface area contributed by atoms with Crippen molar-refractivity contribution in [2.45, 2.75) is 24.2 Å². The molecule has 0 bridgehead atoms. The first kappa shape index (κ1) is 14.3. The van der Waals surface area contributed by atoms with Crippen molar-refractivity contribution >= 4 is 17.7 Å². The summed E-state index contributed by atoms with van der Waals surface area (Å²) in [4.78, 5) is 28.7. The van der Waals surface area contributed by atoms with Gasteiger partial charge >= 0.3 is 0 Å². The summed E-state index contributed by atoms with van der Waals surface area (Å²) >= 11 is 1.53. The van der Waals surface area contributed by atoms with Gasteiger partial charge in [0.15, 0.2) is 5.16 Å². The molecule has 1 aromatic carbocycles. The van der Waals surface area contributed by atoms with Gasteiger partial charge in [-0.1, -0.05) is 30.0 Å². The molecule has 2 aliphatic heterocycles. The summed E-state index contributed by atoms with van der Waals surface area (Å²) in [5.74, 6) is 1.29. The fourth-order valence-corrected chi connectivity index (χ4v) is 3.76. The van der Waals surface area contributed by atoms with Crippen LogP contribution in [0.25, 0.3) is 0 Å². The van der Waals surface area contributed by atoms with E-state index in [1.54, 1.807) is 4.57 Å². The lowest BCUT2D eigenvalue weighted by molar-refractivity contribution is 0.0930. The average Bonchev–Trinajstić information content (AvgIpc) is 3.19. The van der Waals surface area contributed by atoms with Crippen LogP contribution in [0.3, 0.4) is 0 Å². The van der Waals surface area contributed by atoms with E-state index >= 15 is 0 Å². The minimum absolute atomic E-state index is 0.0896. The van der Waals surface area contributed by atoms with Crippen molar-refractivity contribution in [2.24, 2.45) is 0 Å². The van der Waals surface area contributed by atoms with Gasteiger partial charge in [-0.3, -0.25) is 14.2 Å². The molecular formula is C16H15N3O3S. The van der Waals surface area contributed by atoms with Gasteiger partial charge in [0.1, 0.15) is 17.4 Å². The number of hydrogen-bond acceptors (Lipinski definition) is 5. The number of fused-ring (bicyclic) bond motifs is 2. The predicted octanol–water partition coefficient (Wildman–Crippen LogP) is 1.08. The van der Waals surface area contributed by atoms with Gasteiger partial charge in [-0.2, -0.15) is 0 Å². The number of nitrogens with one attached hydrogen (secondary N) is 1. The molecule has 23 heavy (non-hydrogen) atoms. The number of hydrogen-bond donors (Lipinski definition) is 1. The second-order valence-electron chi connectivity index (χ2n) is 5.52. The van der Waals surface area contributed by atoms with E-state index in [-0.39, 0.29) is 17.2 Å². The van der Waals surface area contributed by atoms with Crippen LogP contribution >= 0.6 is 11.8 Å². The summed E-state index contributed by atoms with van der Waals surface area (Å²) in [5, 5.41) is 3.47. The first-order valence-corrected chi connectivity index (χ1v) is 8.46. The quantitative estimate of drug-likeness (QED) is 0.853. The summed E-state index contributed by atoms with van der Waals surface area (Å²) < 4.78 is 7.34. The molecular weight excluding hydrogens is 314 g/mol. The molecule has 0 fully saturated rings. The number of carbonyl (C=O) groups is 1. The Bertz CT molecular complexity index is 809. The number of nitrogens with zero attached hydrogens (tertiary/aromatic N) is 2. The average molecular weight is 329 g/mol. The molecule has 1 N–H and O–H groups in total. The Morgan fingerprint density at radius 3 is 3.17 bits per heavy atom. The largest absolute Gasteiger partial charge is 0.488 e. The molecule has 3 heterocycles. The van der Waals surface area contributed by atoms with Crippen molar-refractivity contribution in [1.82, 2.24) is 14.9 Å². The van der Waals surface area contributed by atoms with Crippen molar-refractivity contribution in [3.05, 3.63) is 51.9 Å². The molecule has 2 aromatic rings. The van der Waals surface area contributed by atoms with Gasteiger partial charge in [-0.15, -0.1) is 0 Å². The monoisotopic (exact) mass is 329 g/mol. The highest BCUT2D eigenvalue weighted by Gasteiger charge is 2.24. The van der Waals surface area contributed by atoms with Gasteiger partial charge in [0.25, 0.3) is 11.5 Å². The van der Waals surface area contributed by atoms with Gasteiger partial charge in [0, 0.05) is 24.9 Å². The van der Waals surface area contributed by atoms with Gasteiger partial charge in [-0.25, -0.2) is 4.98 Å². The van der Waals surface area contributed by atoms with Crippen LogP contribution in [-0.2, 0) is 13.0 Å². The molecule has 1 aromatic heterocycles. The Morgan fingerprint density at radius 2 is 2.30 bits per heavy atom. The predicted molar refractivity (Wildman–Crippen MR) is 86.1 cm³/mol. The molecule has 0 saturated carbocycles. The van der Waals surface area contributed by atoms with E-state index < -0.39 is 5.91 Å². The zero-order valence-corrected chi connectivity index (χ0v) is 13.1. The third kappa shape index (κ3) is 2.61. The van der Waals surface area contributed by atoms with Crippen LogP contribution in [-0.4, -0.2) is 33.9 Å². The van der Waals surface area contributed by atoms with Gasteiger partial charge in [-0.05, 0) is 11.6 Å². The van der Waals surface area contributed by atoms with E-state index in [4.69, 9.17) is 4.74 Å². The fraction of sp³-hybridized carbons (Fsp3) is 0.312. The fourth-order valence-electron chi connectivity index (χ4n) is 2.84. The normalized spacial score (nSPS) is 18.2. The number of amides is 1. The summed E-state index contributed by atoms with van der Waals surface area (Å²) in [7, 11) is 0. The Balaban J connectivity index is 1.43. The van der Waals surface area contributed by atoms with Crippen molar-refractivity contribution in [2.75, 3.05) is 12.3 Å². The van der Waals surface area contributed by atoms with Crippen LogP contribution in [0.4, 0.5) is 0 Å². The Kier molecular flexibility index (Phi) is 3.57. The molecule has 2 aliphatic rings. The standard InChI is InChI=1S/C16H15N3O3S/c20-14(12-9-18-16-19(15(12)21)5-6-23-16)17-8-11-7-10-3-1-2-4-13(10)22-11/h1-4,9,11H,5-8H2,(H,17,20)/t11-/m1/s1. The summed E-state index contributed by atoms with van der Waals surface area (Å²) in [5.41, 5.74) is 0.961. The first-order valence-electron chi connectivity index (χ1n) is 7.48. The lowest BCUT2D eigenvalue weighted by atomic mass is 10.1. The molecule has 0 aliphatic carbocycles. The number of benzene rings is 1. The smallest absolute Gasteiger partial charge is 0.267 e. The van der Waals surface area contributed by atoms with E-state index in [0.29, 0.717) is 18.2 Å². The second-order valence-corrected chi connectivity index (χ2v) is 6.58. The Labute approximate surface area is 136 Å². The Morgan fingerprint density at radius 1 is 1.43 bits per heavy atom. The van der Waals surface area contributed by atoms with Crippen molar-refractivity contribution < 1.29 is 9.53 Å². The van der Waals surface area contributed by atoms with Crippen LogP contribution in [0.15, 0.2) is 40.4 Å². The van der Waals surface area contributed by atoms with E-state index in [2.05, 4.69) is 10.3 Å². The summed E-state index contributed by atoms with van der Waals surface area (Å²) in [6.45, 7) is 0.970.